The maximum Gasteiger partial charge on any atom is 4.00 e. The van der Waals surface area contributed by atoms with Crippen molar-refractivity contribution in [2.75, 3.05) is 42.3 Å². The van der Waals surface area contributed by atoms with Crippen LogP contribution in [0.25, 0.3) is 16.0 Å². The number of aromatic nitrogens is 3. The molecule has 0 spiro atoms. The van der Waals surface area contributed by atoms with Gasteiger partial charge in [0, 0.05) is 6.33 Å². The van der Waals surface area contributed by atoms with Gasteiger partial charge in [-0.25, -0.2) is 0 Å². The van der Waals surface area contributed by atoms with E-state index in [1.165, 1.54) is 12.7 Å². The van der Waals surface area contributed by atoms with E-state index >= 15 is 0 Å². The minimum Gasteiger partial charge on any atom is -0.668 e. The topological polar surface area (TPSA) is 82.2 Å². The van der Waals surface area contributed by atoms with Gasteiger partial charge in [0.1, 0.15) is 0 Å². The molecule has 0 aliphatic carbocycles. The van der Waals surface area contributed by atoms with Gasteiger partial charge in [0.2, 0.25) is 0 Å². The Morgan fingerprint density at radius 3 is 1.27 bits per heavy atom. The maximum absolute atomic E-state index is 3.50. The molecule has 0 saturated heterocycles. The molecular formula is C8H20N6Ti. The maximum atomic E-state index is 3.50. The Kier molecular flexibility index (Phi) is 59.9. The first-order chi connectivity index (χ1) is 6.74. The first-order valence-corrected chi connectivity index (χ1v) is 3.92. The zero-order valence-electron chi connectivity index (χ0n) is 10.3. The molecule has 0 N–H and O–H groups in total. The predicted molar refractivity (Wildman–Crippen MR) is 61.0 cm³/mol. The molecule has 0 saturated carbocycles. The van der Waals surface area contributed by atoms with Gasteiger partial charge in [0.15, 0.2) is 0 Å². The fraction of sp³-hybridized carbons (Fsp3) is 0.750. The SMILES string of the molecule is C[N-]C.C[N-]C.C[N-]C.[Ti+4].c1nc[n-]n1. The molecule has 6 nitrogen and oxygen atoms in total. The van der Waals surface area contributed by atoms with E-state index in [2.05, 4.69) is 31.1 Å². The van der Waals surface area contributed by atoms with Crippen LogP contribution in [-0.2, 0) is 21.7 Å². The van der Waals surface area contributed by atoms with Crippen LogP contribution in [0.2, 0.25) is 0 Å². The monoisotopic (exact) mass is 248 g/mol. The first-order valence-electron chi connectivity index (χ1n) is 3.92. The predicted octanol–water partition coefficient (Wildman–Crippen LogP) is 1.29. The van der Waals surface area contributed by atoms with Crippen LogP contribution >= 0.6 is 0 Å². The number of rotatable bonds is 0. The summed E-state index contributed by atoms with van der Waals surface area (Å²) in [5.41, 5.74) is 0. The van der Waals surface area contributed by atoms with Crippen molar-refractivity contribution in [3.05, 3.63) is 28.6 Å². The second-order valence-electron chi connectivity index (χ2n) is 1.95. The Labute approximate surface area is 108 Å². The Morgan fingerprint density at radius 2 is 1.20 bits per heavy atom. The molecule has 0 radical (unpaired) electrons. The molecule has 86 valence electrons. The van der Waals surface area contributed by atoms with Crippen molar-refractivity contribution in [3.8, 4) is 0 Å². The van der Waals surface area contributed by atoms with Crippen LogP contribution in [0.1, 0.15) is 0 Å². The third kappa shape index (κ3) is 84.4. The summed E-state index contributed by atoms with van der Waals surface area (Å²) in [6.07, 6.45) is 2.78. The molecule has 0 aliphatic rings. The van der Waals surface area contributed by atoms with Gasteiger partial charge >= 0.3 is 21.7 Å². The molecule has 1 aromatic heterocycles. The molecule has 1 aromatic rings. The molecule has 15 heavy (non-hydrogen) atoms. The molecule has 7 heteroatoms. The van der Waals surface area contributed by atoms with Crippen LogP contribution < -0.4 is 5.10 Å². The van der Waals surface area contributed by atoms with E-state index in [-0.39, 0.29) is 21.7 Å². The van der Waals surface area contributed by atoms with Crippen molar-refractivity contribution in [1.29, 1.82) is 0 Å². The smallest absolute Gasteiger partial charge is 0.668 e. The average molecular weight is 248 g/mol. The molecule has 0 aromatic carbocycles. The zero-order valence-corrected chi connectivity index (χ0v) is 11.9. The van der Waals surface area contributed by atoms with Crippen molar-refractivity contribution >= 4 is 0 Å². The Morgan fingerprint density at radius 1 is 0.867 bits per heavy atom. The number of hydrogen-bond acceptors (Lipinski definition) is 2. The van der Waals surface area contributed by atoms with Gasteiger partial charge in [-0.1, -0.05) is 6.33 Å². The van der Waals surface area contributed by atoms with E-state index in [0.29, 0.717) is 0 Å². The normalized spacial score (nSPS) is 6.27. The molecule has 0 aliphatic heterocycles. The van der Waals surface area contributed by atoms with Crippen LogP contribution in [-0.4, -0.2) is 52.4 Å². The van der Waals surface area contributed by atoms with Gasteiger partial charge in [-0.3, -0.25) is 5.10 Å². The molecule has 0 atom stereocenters. The van der Waals surface area contributed by atoms with Crippen LogP contribution in [0.15, 0.2) is 12.7 Å². The first kappa shape index (κ1) is 24.1. The van der Waals surface area contributed by atoms with E-state index in [0.717, 1.165) is 0 Å². The number of nitrogens with zero attached hydrogens (tertiary/aromatic N) is 6. The van der Waals surface area contributed by atoms with Gasteiger partial charge in [-0.05, 0) is 0 Å². The van der Waals surface area contributed by atoms with E-state index in [4.69, 9.17) is 0 Å². The summed E-state index contributed by atoms with van der Waals surface area (Å²) in [6, 6.07) is 0. The van der Waals surface area contributed by atoms with Gasteiger partial charge < -0.3 is 26.0 Å². The van der Waals surface area contributed by atoms with E-state index in [1.54, 1.807) is 42.3 Å². The summed E-state index contributed by atoms with van der Waals surface area (Å²) in [7, 11) is 10.5. The van der Waals surface area contributed by atoms with Crippen molar-refractivity contribution < 1.29 is 21.7 Å². The van der Waals surface area contributed by atoms with Crippen molar-refractivity contribution in [2.24, 2.45) is 0 Å². The molecule has 1 heterocycles. The largest absolute Gasteiger partial charge is 4.00 e. The van der Waals surface area contributed by atoms with Gasteiger partial charge in [0.25, 0.3) is 0 Å². The third-order valence-corrected chi connectivity index (χ3v) is 0.303. The van der Waals surface area contributed by atoms with Gasteiger partial charge in [-0.2, -0.15) is 42.3 Å². The molecule has 0 unspecified atom stereocenters. The fourth-order valence-electron chi connectivity index (χ4n) is 0.149. The second-order valence-corrected chi connectivity index (χ2v) is 1.95. The quantitative estimate of drug-likeness (QED) is 0.648. The van der Waals surface area contributed by atoms with Crippen LogP contribution in [0.5, 0.6) is 0 Å². The van der Waals surface area contributed by atoms with Crippen molar-refractivity contribution in [3.63, 3.8) is 0 Å². The number of hydrogen-bond donors (Lipinski definition) is 0. The summed E-state index contributed by atoms with van der Waals surface area (Å²) in [5.74, 6) is 0. The van der Waals surface area contributed by atoms with Crippen molar-refractivity contribution in [2.45, 2.75) is 0 Å². The van der Waals surface area contributed by atoms with E-state index < -0.39 is 0 Å². The molecule has 0 bridgehead atoms. The molecule has 0 amide bonds. The minimum atomic E-state index is 0. The van der Waals surface area contributed by atoms with E-state index in [1.807, 2.05) is 0 Å². The Hall–Kier alpha value is -0.266. The standard InChI is InChI=1S/C2H2N3.3C2H6N.Ti/c1-3-2-5-4-1;3*1-3-2;/h1-2H;3*1-2H3;/q4*-1;+4. The Bertz CT molecular complexity index is 103. The van der Waals surface area contributed by atoms with Crippen LogP contribution in [0.4, 0.5) is 0 Å². The fourth-order valence-corrected chi connectivity index (χ4v) is 0.149. The second kappa shape index (κ2) is 37.2. The third-order valence-electron chi connectivity index (χ3n) is 0.303. The summed E-state index contributed by atoms with van der Waals surface area (Å²) < 4.78 is 0. The van der Waals surface area contributed by atoms with E-state index in [9.17, 15) is 0 Å². The van der Waals surface area contributed by atoms with Crippen LogP contribution in [0.3, 0.4) is 0 Å². The average Bonchev–Trinajstić information content (AvgIpc) is 2.63. The molecule has 1 rings (SSSR count). The minimum absolute atomic E-state index is 0. The summed E-state index contributed by atoms with van der Waals surface area (Å²) in [6.45, 7) is 0. The van der Waals surface area contributed by atoms with Gasteiger partial charge in [-0.15, -0.1) is 0 Å². The van der Waals surface area contributed by atoms with Crippen LogP contribution in [0, 0.1) is 0 Å². The summed E-state index contributed by atoms with van der Waals surface area (Å²) >= 11 is 0. The van der Waals surface area contributed by atoms with Crippen molar-refractivity contribution in [1.82, 2.24) is 15.2 Å². The van der Waals surface area contributed by atoms with Gasteiger partial charge in [0.05, 0.1) is 0 Å². The molecular weight excluding hydrogens is 228 g/mol. The Balaban J connectivity index is -0.0000000550. The summed E-state index contributed by atoms with van der Waals surface area (Å²) in [5, 5.41) is 17.2. The zero-order chi connectivity index (χ0) is 11.7. The summed E-state index contributed by atoms with van der Waals surface area (Å²) in [4.78, 5) is 3.50. The molecule has 0 fully saturated rings.